The van der Waals surface area contributed by atoms with E-state index in [-0.39, 0.29) is 0 Å². The molecule has 0 atom stereocenters. The Balaban J connectivity index is 1.80. The maximum atomic E-state index is 5.64. The van der Waals surface area contributed by atoms with Crippen LogP contribution in [0.1, 0.15) is 11.5 Å². The molecule has 2 N–H and O–H groups in total. The first-order chi connectivity index (χ1) is 9.31. The molecule has 5 heteroatoms. The van der Waals surface area contributed by atoms with Gasteiger partial charge >= 0.3 is 0 Å². The molecule has 0 saturated carbocycles. The van der Waals surface area contributed by atoms with Gasteiger partial charge in [0.15, 0.2) is 0 Å². The maximum absolute atomic E-state index is 5.64. The Hall–Kier alpha value is -2.69. The number of aromatic nitrogens is 3. The van der Waals surface area contributed by atoms with Crippen molar-refractivity contribution in [2.75, 3.05) is 5.73 Å². The Morgan fingerprint density at radius 1 is 0.947 bits per heavy atom. The van der Waals surface area contributed by atoms with E-state index < -0.39 is 0 Å². The number of anilines is 1. The molecule has 5 nitrogen and oxygen atoms in total. The summed E-state index contributed by atoms with van der Waals surface area (Å²) < 4.78 is 5.62. The summed E-state index contributed by atoms with van der Waals surface area (Å²) in [4.78, 5) is 3.95. The fraction of sp³-hybridized carbons (Fsp3) is 0.0714. The summed E-state index contributed by atoms with van der Waals surface area (Å²) >= 11 is 0. The van der Waals surface area contributed by atoms with E-state index in [0.29, 0.717) is 18.2 Å². The van der Waals surface area contributed by atoms with E-state index in [2.05, 4.69) is 15.2 Å². The van der Waals surface area contributed by atoms with Gasteiger partial charge in [0.05, 0.1) is 6.42 Å². The average Bonchev–Trinajstić information content (AvgIpc) is 2.91. The van der Waals surface area contributed by atoms with Crippen LogP contribution in [0.4, 0.5) is 5.69 Å². The lowest BCUT2D eigenvalue weighted by Crippen LogP contribution is -1.90. The van der Waals surface area contributed by atoms with Crippen LogP contribution < -0.4 is 5.73 Å². The minimum absolute atomic E-state index is 0.507. The predicted octanol–water partition coefficient (Wildman–Crippen LogP) is 2.30. The van der Waals surface area contributed by atoms with Crippen molar-refractivity contribution in [3.63, 3.8) is 0 Å². The van der Waals surface area contributed by atoms with Crippen LogP contribution in [-0.2, 0) is 6.42 Å². The SMILES string of the molecule is Nc1ccc(Cc2nnc(-c3ccncc3)o2)cc1. The third-order valence-corrected chi connectivity index (χ3v) is 2.73. The van der Waals surface area contributed by atoms with Crippen LogP contribution in [0, 0.1) is 0 Å². The third-order valence-electron chi connectivity index (χ3n) is 2.73. The van der Waals surface area contributed by atoms with Crippen LogP contribution in [-0.4, -0.2) is 15.2 Å². The number of hydrogen-bond donors (Lipinski definition) is 1. The van der Waals surface area contributed by atoms with Gasteiger partial charge in [0.2, 0.25) is 11.8 Å². The standard InChI is InChI=1S/C14H12N4O/c15-12-3-1-10(2-4-12)9-13-17-18-14(19-13)11-5-7-16-8-6-11/h1-8H,9,15H2. The molecule has 2 aromatic heterocycles. The summed E-state index contributed by atoms with van der Waals surface area (Å²) in [7, 11) is 0. The van der Waals surface area contributed by atoms with E-state index in [9.17, 15) is 0 Å². The van der Waals surface area contributed by atoms with Gasteiger partial charge in [-0.05, 0) is 29.8 Å². The second kappa shape index (κ2) is 4.89. The van der Waals surface area contributed by atoms with Gasteiger partial charge in [-0.3, -0.25) is 4.98 Å². The summed E-state index contributed by atoms with van der Waals surface area (Å²) in [6.45, 7) is 0. The first-order valence-electron chi connectivity index (χ1n) is 5.88. The molecule has 0 saturated heterocycles. The minimum atomic E-state index is 0.507. The Kier molecular flexibility index (Phi) is 2.94. The smallest absolute Gasteiger partial charge is 0.247 e. The highest BCUT2D eigenvalue weighted by Gasteiger charge is 2.08. The highest BCUT2D eigenvalue weighted by molar-refractivity contribution is 5.50. The summed E-state index contributed by atoms with van der Waals surface area (Å²) in [6, 6.07) is 11.3. The molecule has 0 fully saturated rings. The molecule has 2 heterocycles. The van der Waals surface area contributed by atoms with Crippen LogP contribution in [0.25, 0.3) is 11.5 Å². The second-order valence-electron chi connectivity index (χ2n) is 4.16. The molecule has 0 unspecified atom stereocenters. The first kappa shape index (κ1) is 11.4. The Bertz CT molecular complexity index is 661. The summed E-state index contributed by atoms with van der Waals surface area (Å²) in [6.07, 6.45) is 3.98. The molecule has 0 aliphatic carbocycles. The molecule has 94 valence electrons. The first-order valence-corrected chi connectivity index (χ1v) is 5.88. The van der Waals surface area contributed by atoms with Gasteiger partial charge in [0.1, 0.15) is 0 Å². The highest BCUT2D eigenvalue weighted by atomic mass is 16.4. The van der Waals surface area contributed by atoms with Crippen molar-refractivity contribution in [2.45, 2.75) is 6.42 Å². The molecule has 0 radical (unpaired) electrons. The molecule has 3 aromatic rings. The Morgan fingerprint density at radius 2 is 1.68 bits per heavy atom. The van der Waals surface area contributed by atoms with Crippen molar-refractivity contribution in [1.82, 2.24) is 15.2 Å². The van der Waals surface area contributed by atoms with E-state index >= 15 is 0 Å². The van der Waals surface area contributed by atoms with Gasteiger partial charge in [-0.25, -0.2) is 0 Å². The van der Waals surface area contributed by atoms with Crippen molar-refractivity contribution in [3.8, 4) is 11.5 Å². The summed E-state index contributed by atoms with van der Waals surface area (Å²) in [5.74, 6) is 1.09. The molecular formula is C14H12N4O. The fourth-order valence-electron chi connectivity index (χ4n) is 1.75. The van der Waals surface area contributed by atoms with Gasteiger partial charge in [-0.2, -0.15) is 0 Å². The zero-order valence-electron chi connectivity index (χ0n) is 10.2. The number of rotatable bonds is 3. The van der Waals surface area contributed by atoms with Crippen molar-refractivity contribution in [1.29, 1.82) is 0 Å². The number of nitrogens with two attached hydrogens (primary N) is 1. The van der Waals surface area contributed by atoms with E-state index in [1.54, 1.807) is 12.4 Å². The van der Waals surface area contributed by atoms with Gasteiger partial charge in [0.25, 0.3) is 0 Å². The van der Waals surface area contributed by atoms with Gasteiger partial charge in [-0.15, -0.1) is 10.2 Å². The van der Waals surface area contributed by atoms with Crippen LogP contribution in [0.3, 0.4) is 0 Å². The van der Waals surface area contributed by atoms with Gasteiger partial charge in [-0.1, -0.05) is 12.1 Å². The monoisotopic (exact) mass is 252 g/mol. The summed E-state index contributed by atoms with van der Waals surface area (Å²) in [5, 5.41) is 8.07. The Morgan fingerprint density at radius 3 is 2.42 bits per heavy atom. The largest absolute Gasteiger partial charge is 0.420 e. The van der Waals surface area contributed by atoms with Gasteiger partial charge < -0.3 is 10.2 Å². The minimum Gasteiger partial charge on any atom is -0.420 e. The molecular weight excluding hydrogens is 240 g/mol. The molecule has 19 heavy (non-hydrogen) atoms. The summed E-state index contributed by atoms with van der Waals surface area (Å²) in [5.41, 5.74) is 8.33. The van der Waals surface area contributed by atoms with E-state index in [4.69, 9.17) is 10.2 Å². The van der Waals surface area contributed by atoms with E-state index in [1.807, 2.05) is 36.4 Å². The number of hydrogen-bond acceptors (Lipinski definition) is 5. The molecule has 0 aliphatic rings. The topological polar surface area (TPSA) is 77.8 Å². The number of nitrogen functional groups attached to an aromatic ring is 1. The lowest BCUT2D eigenvalue weighted by Gasteiger charge is -1.97. The maximum Gasteiger partial charge on any atom is 0.247 e. The van der Waals surface area contributed by atoms with Crippen LogP contribution >= 0.6 is 0 Å². The molecule has 0 aliphatic heterocycles. The van der Waals surface area contributed by atoms with Crippen molar-refractivity contribution < 1.29 is 4.42 Å². The zero-order chi connectivity index (χ0) is 13.1. The fourth-order valence-corrected chi connectivity index (χ4v) is 1.75. The zero-order valence-corrected chi connectivity index (χ0v) is 10.2. The number of benzene rings is 1. The van der Waals surface area contributed by atoms with Crippen LogP contribution in [0.2, 0.25) is 0 Å². The second-order valence-corrected chi connectivity index (χ2v) is 4.16. The third kappa shape index (κ3) is 2.60. The molecule has 3 rings (SSSR count). The Labute approximate surface area is 110 Å². The predicted molar refractivity (Wildman–Crippen MR) is 71.2 cm³/mol. The van der Waals surface area contributed by atoms with Crippen LogP contribution in [0.5, 0.6) is 0 Å². The van der Waals surface area contributed by atoms with Gasteiger partial charge in [0, 0.05) is 23.6 Å². The van der Waals surface area contributed by atoms with Crippen molar-refractivity contribution in [3.05, 3.63) is 60.2 Å². The number of nitrogens with zero attached hydrogens (tertiary/aromatic N) is 3. The lowest BCUT2D eigenvalue weighted by molar-refractivity contribution is 0.518. The van der Waals surface area contributed by atoms with Crippen molar-refractivity contribution >= 4 is 5.69 Å². The number of pyridine rings is 1. The molecule has 1 aromatic carbocycles. The molecule has 0 amide bonds. The normalized spacial score (nSPS) is 10.5. The average molecular weight is 252 g/mol. The van der Waals surface area contributed by atoms with Crippen molar-refractivity contribution in [2.24, 2.45) is 0 Å². The molecule has 0 bridgehead atoms. The van der Waals surface area contributed by atoms with Crippen LogP contribution in [0.15, 0.2) is 53.2 Å². The van der Waals surface area contributed by atoms with E-state index in [0.717, 1.165) is 16.8 Å². The highest BCUT2D eigenvalue weighted by Crippen LogP contribution is 2.18. The molecule has 0 spiro atoms. The quantitative estimate of drug-likeness (QED) is 0.724. The van der Waals surface area contributed by atoms with E-state index in [1.165, 1.54) is 0 Å². The lowest BCUT2D eigenvalue weighted by atomic mass is 10.1.